The standard InChI is InChI=1S/C15H6Cl4O2/c16-9-5-8(15(18)19)12(17)11-10(9)13(20)6-3-1-2-4-7(6)14(11)21/h1-5,15H. The van der Waals surface area contributed by atoms with Crippen LogP contribution in [0.2, 0.25) is 10.0 Å². The summed E-state index contributed by atoms with van der Waals surface area (Å²) in [6.45, 7) is 0. The molecule has 3 rings (SSSR count). The van der Waals surface area contributed by atoms with E-state index in [9.17, 15) is 9.59 Å². The number of carbonyl (C=O) groups excluding carboxylic acids is 2. The lowest BCUT2D eigenvalue weighted by atomic mass is 9.83. The average Bonchev–Trinajstić information content (AvgIpc) is 2.46. The van der Waals surface area contributed by atoms with Crippen LogP contribution in [-0.4, -0.2) is 11.6 Å². The molecule has 0 aliphatic heterocycles. The fourth-order valence-corrected chi connectivity index (χ4v) is 3.49. The van der Waals surface area contributed by atoms with Crippen molar-refractivity contribution >= 4 is 58.0 Å². The molecule has 2 aromatic rings. The molecule has 0 atom stereocenters. The summed E-state index contributed by atoms with van der Waals surface area (Å²) in [6, 6.07) is 7.95. The average molecular weight is 360 g/mol. The minimum Gasteiger partial charge on any atom is -0.289 e. The van der Waals surface area contributed by atoms with Gasteiger partial charge in [0.05, 0.1) is 21.2 Å². The molecule has 0 radical (unpaired) electrons. The van der Waals surface area contributed by atoms with Crippen molar-refractivity contribution < 1.29 is 9.59 Å². The van der Waals surface area contributed by atoms with Crippen LogP contribution >= 0.6 is 46.4 Å². The van der Waals surface area contributed by atoms with E-state index in [0.717, 1.165) is 0 Å². The maximum Gasteiger partial charge on any atom is 0.196 e. The van der Waals surface area contributed by atoms with Crippen LogP contribution in [0.15, 0.2) is 30.3 Å². The van der Waals surface area contributed by atoms with Crippen LogP contribution in [0.5, 0.6) is 0 Å². The maximum absolute atomic E-state index is 12.6. The summed E-state index contributed by atoms with van der Waals surface area (Å²) in [6.07, 6.45) is 0. The quantitative estimate of drug-likeness (QED) is 0.556. The number of hydrogen-bond acceptors (Lipinski definition) is 2. The first-order chi connectivity index (χ1) is 9.93. The van der Waals surface area contributed by atoms with Gasteiger partial charge in [0.15, 0.2) is 11.6 Å². The second-order valence-corrected chi connectivity index (χ2v) is 6.40. The van der Waals surface area contributed by atoms with Gasteiger partial charge in [-0.3, -0.25) is 9.59 Å². The first-order valence-electron chi connectivity index (χ1n) is 5.92. The van der Waals surface area contributed by atoms with Gasteiger partial charge in [0.1, 0.15) is 4.84 Å². The van der Waals surface area contributed by atoms with Gasteiger partial charge in [-0.25, -0.2) is 0 Å². The van der Waals surface area contributed by atoms with Crippen molar-refractivity contribution in [3.8, 4) is 0 Å². The van der Waals surface area contributed by atoms with Gasteiger partial charge in [-0.05, 0) is 6.07 Å². The van der Waals surface area contributed by atoms with E-state index in [-0.39, 0.29) is 32.7 Å². The minimum atomic E-state index is -0.944. The molecule has 0 saturated heterocycles. The summed E-state index contributed by atoms with van der Waals surface area (Å²) in [5.74, 6) is -0.692. The number of rotatable bonds is 1. The molecule has 0 N–H and O–H groups in total. The smallest absolute Gasteiger partial charge is 0.196 e. The summed E-state index contributed by atoms with van der Waals surface area (Å²) in [5, 5.41) is 0.181. The molecule has 106 valence electrons. The molecular weight excluding hydrogens is 354 g/mol. The minimum absolute atomic E-state index is 0.0640. The number of fused-ring (bicyclic) bond motifs is 2. The molecule has 2 nitrogen and oxygen atoms in total. The maximum atomic E-state index is 12.6. The molecule has 2 aromatic carbocycles. The highest BCUT2D eigenvalue weighted by atomic mass is 35.5. The van der Waals surface area contributed by atoms with E-state index in [1.54, 1.807) is 24.3 Å². The number of hydrogen-bond donors (Lipinski definition) is 0. The third kappa shape index (κ3) is 2.18. The van der Waals surface area contributed by atoms with Gasteiger partial charge in [0, 0.05) is 16.7 Å². The number of benzene rings is 2. The number of alkyl halides is 2. The van der Waals surface area contributed by atoms with Crippen LogP contribution in [0, 0.1) is 0 Å². The van der Waals surface area contributed by atoms with Crippen LogP contribution in [0.4, 0.5) is 0 Å². The van der Waals surface area contributed by atoms with E-state index >= 15 is 0 Å². The molecule has 0 spiro atoms. The Balaban J connectivity index is 2.38. The third-order valence-electron chi connectivity index (χ3n) is 3.35. The van der Waals surface area contributed by atoms with Crippen LogP contribution < -0.4 is 0 Å². The number of ketones is 2. The Bertz CT molecular complexity index is 797. The highest BCUT2D eigenvalue weighted by Gasteiger charge is 2.34. The van der Waals surface area contributed by atoms with E-state index < -0.39 is 4.84 Å². The van der Waals surface area contributed by atoms with Crippen molar-refractivity contribution in [3.05, 3.63) is 68.2 Å². The third-order valence-corrected chi connectivity index (χ3v) is 4.53. The normalized spacial score (nSPS) is 13.4. The van der Waals surface area contributed by atoms with Crippen LogP contribution in [0.25, 0.3) is 0 Å². The van der Waals surface area contributed by atoms with Gasteiger partial charge in [0.25, 0.3) is 0 Å². The highest BCUT2D eigenvalue weighted by molar-refractivity contribution is 6.48. The molecule has 0 saturated carbocycles. The zero-order chi connectivity index (χ0) is 15.3. The predicted molar refractivity (Wildman–Crippen MR) is 84.2 cm³/mol. The molecule has 0 heterocycles. The summed E-state index contributed by atoms with van der Waals surface area (Å²) in [4.78, 5) is 24.2. The molecule has 0 fully saturated rings. The molecule has 0 amide bonds. The molecule has 0 bridgehead atoms. The van der Waals surface area contributed by atoms with Crippen molar-refractivity contribution in [2.24, 2.45) is 0 Å². The molecule has 6 heteroatoms. The van der Waals surface area contributed by atoms with E-state index in [0.29, 0.717) is 16.7 Å². The lowest BCUT2D eigenvalue weighted by Crippen LogP contribution is -2.22. The summed E-state index contributed by atoms with van der Waals surface area (Å²) in [7, 11) is 0. The molecule has 1 aliphatic rings. The largest absolute Gasteiger partial charge is 0.289 e. The molecule has 0 aromatic heterocycles. The Labute approximate surface area is 140 Å². The second kappa shape index (κ2) is 5.29. The first kappa shape index (κ1) is 14.9. The van der Waals surface area contributed by atoms with Gasteiger partial charge in [0.2, 0.25) is 0 Å². The van der Waals surface area contributed by atoms with Crippen molar-refractivity contribution in [3.63, 3.8) is 0 Å². The van der Waals surface area contributed by atoms with Crippen LogP contribution in [0.3, 0.4) is 0 Å². The van der Waals surface area contributed by atoms with Crippen molar-refractivity contribution in [2.75, 3.05) is 0 Å². The van der Waals surface area contributed by atoms with E-state index in [1.165, 1.54) is 6.07 Å². The Morgan fingerprint density at radius 2 is 1.38 bits per heavy atom. The van der Waals surface area contributed by atoms with Crippen molar-refractivity contribution in [1.29, 1.82) is 0 Å². The van der Waals surface area contributed by atoms with Crippen LogP contribution in [0.1, 0.15) is 42.2 Å². The summed E-state index contributed by atoms with van der Waals surface area (Å²) >= 11 is 24.0. The molecule has 21 heavy (non-hydrogen) atoms. The zero-order valence-corrected chi connectivity index (χ0v) is 13.3. The fraction of sp³-hybridized carbons (Fsp3) is 0.0667. The van der Waals surface area contributed by atoms with E-state index in [4.69, 9.17) is 46.4 Å². The summed E-state index contributed by atoms with van der Waals surface area (Å²) in [5.41, 5.74) is 1.08. The number of halogens is 4. The van der Waals surface area contributed by atoms with Gasteiger partial charge in [-0.1, -0.05) is 47.5 Å². The van der Waals surface area contributed by atoms with Gasteiger partial charge in [-0.15, -0.1) is 23.2 Å². The van der Waals surface area contributed by atoms with Gasteiger partial charge < -0.3 is 0 Å². The Morgan fingerprint density at radius 1 is 0.857 bits per heavy atom. The van der Waals surface area contributed by atoms with Gasteiger partial charge >= 0.3 is 0 Å². The first-order valence-corrected chi connectivity index (χ1v) is 7.54. The van der Waals surface area contributed by atoms with Crippen molar-refractivity contribution in [2.45, 2.75) is 4.84 Å². The monoisotopic (exact) mass is 358 g/mol. The zero-order valence-electron chi connectivity index (χ0n) is 10.3. The Morgan fingerprint density at radius 3 is 1.90 bits per heavy atom. The van der Waals surface area contributed by atoms with Crippen LogP contribution in [-0.2, 0) is 0 Å². The lowest BCUT2D eigenvalue weighted by Gasteiger charge is -2.21. The van der Waals surface area contributed by atoms with Gasteiger partial charge in [-0.2, -0.15) is 0 Å². The molecule has 1 aliphatic carbocycles. The van der Waals surface area contributed by atoms with E-state index in [1.807, 2.05) is 0 Å². The van der Waals surface area contributed by atoms with E-state index in [2.05, 4.69) is 0 Å². The topological polar surface area (TPSA) is 34.1 Å². The summed E-state index contributed by atoms with van der Waals surface area (Å²) < 4.78 is 0. The Hall–Kier alpha value is -1.06. The second-order valence-electron chi connectivity index (χ2n) is 4.52. The Kier molecular flexibility index (Phi) is 3.74. The molecule has 0 unspecified atom stereocenters. The van der Waals surface area contributed by atoms with Crippen molar-refractivity contribution in [1.82, 2.24) is 0 Å². The lowest BCUT2D eigenvalue weighted by molar-refractivity contribution is 0.0979. The number of carbonyl (C=O) groups is 2. The SMILES string of the molecule is O=C1c2ccccc2C(=O)c2c(Cl)c(C(Cl)Cl)cc(Cl)c21. The highest BCUT2D eigenvalue weighted by Crippen LogP contribution is 2.42. The predicted octanol–water partition coefficient (Wildman–Crippen LogP) is 5.25. The fourth-order valence-electron chi connectivity index (χ4n) is 2.39. The molecular formula is C15H6Cl4O2.